The molecule has 1 fully saturated rings. The number of hydrogen-bond donors (Lipinski definition) is 2. The topological polar surface area (TPSA) is 116 Å². The first-order chi connectivity index (χ1) is 15.5. The predicted molar refractivity (Wildman–Crippen MR) is 118 cm³/mol. The van der Waals surface area contributed by atoms with Crippen molar-refractivity contribution >= 4 is 34.9 Å². The van der Waals surface area contributed by atoms with Crippen LogP contribution in [0.3, 0.4) is 0 Å². The van der Waals surface area contributed by atoms with Gasteiger partial charge in [0.05, 0.1) is 35.0 Å². The molecule has 12 heteroatoms. The van der Waals surface area contributed by atoms with Gasteiger partial charge in [0, 0.05) is 31.0 Å². The minimum atomic E-state index is -0.495. The Morgan fingerprint density at radius 3 is 2.84 bits per heavy atom. The molecule has 2 unspecified atom stereocenters. The number of carbonyl (C=O) groups excluding carboxylic acids is 1. The van der Waals surface area contributed by atoms with Crippen LogP contribution in [0.1, 0.15) is 25.2 Å². The standard InChI is InChI=1S/C20H21Cl2N7O3/c1-12(18-25-11-26-29(18)19-23-4-2-5-24-19)27-20(30)28-16-8-17(15(22)7-14(16)21)32-10-13-3-6-31-9-13/h2,4-5,7-8,11-13H,3,6,9-10H2,1H3,(H2,27,28,30). The van der Waals surface area contributed by atoms with Crippen molar-refractivity contribution in [3.05, 3.63) is 52.8 Å². The molecular formula is C20H21Cl2N7O3. The maximum atomic E-state index is 12.6. The highest BCUT2D eigenvalue weighted by Gasteiger charge is 2.20. The first-order valence-corrected chi connectivity index (χ1v) is 10.7. The monoisotopic (exact) mass is 477 g/mol. The molecule has 0 bridgehead atoms. The number of nitrogens with one attached hydrogen (secondary N) is 2. The summed E-state index contributed by atoms with van der Waals surface area (Å²) in [6.45, 7) is 3.64. The number of rotatable bonds is 7. The van der Waals surface area contributed by atoms with Gasteiger partial charge in [-0.3, -0.25) is 0 Å². The normalized spacial score (nSPS) is 16.5. The molecule has 1 saturated heterocycles. The van der Waals surface area contributed by atoms with Crippen molar-refractivity contribution in [3.63, 3.8) is 0 Å². The second-order valence-electron chi connectivity index (χ2n) is 7.20. The van der Waals surface area contributed by atoms with Crippen molar-refractivity contribution in [1.82, 2.24) is 30.0 Å². The van der Waals surface area contributed by atoms with Crippen LogP contribution in [-0.4, -0.2) is 50.6 Å². The maximum Gasteiger partial charge on any atom is 0.319 e. The second-order valence-corrected chi connectivity index (χ2v) is 8.02. The summed E-state index contributed by atoms with van der Waals surface area (Å²) in [5.41, 5.74) is 0.367. The molecular weight excluding hydrogens is 457 g/mol. The highest BCUT2D eigenvalue weighted by Crippen LogP contribution is 2.35. The van der Waals surface area contributed by atoms with Crippen LogP contribution in [0, 0.1) is 5.92 Å². The van der Waals surface area contributed by atoms with Crippen molar-refractivity contribution < 1.29 is 14.3 Å². The van der Waals surface area contributed by atoms with E-state index in [4.69, 9.17) is 32.7 Å². The molecule has 2 amide bonds. The van der Waals surface area contributed by atoms with E-state index in [-0.39, 0.29) is 5.02 Å². The number of anilines is 1. The molecule has 0 saturated carbocycles. The lowest BCUT2D eigenvalue weighted by molar-refractivity contribution is 0.167. The van der Waals surface area contributed by atoms with Crippen LogP contribution in [-0.2, 0) is 4.74 Å². The van der Waals surface area contributed by atoms with Gasteiger partial charge in [0.15, 0.2) is 5.82 Å². The second kappa shape index (κ2) is 10.1. The molecule has 1 aliphatic heterocycles. The van der Waals surface area contributed by atoms with Crippen LogP contribution in [0.5, 0.6) is 5.75 Å². The summed E-state index contributed by atoms with van der Waals surface area (Å²) < 4.78 is 12.6. The molecule has 10 nitrogen and oxygen atoms in total. The number of carbonyl (C=O) groups is 1. The number of halogens is 2. The van der Waals surface area contributed by atoms with E-state index in [1.165, 1.54) is 17.1 Å². The third-order valence-corrected chi connectivity index (χ3v) is 5.43. The quantitative estimate of drug-likeness (QED) is 0.533. The maximum absolute atomic E-state index is 12.6. The van der Waals surface area contributed by atoms with E-state index in [0.717, 1.165) is 13.0 Å². The lowest BCUT2D eigenvalue weighted by Crippen LogP contribution is -2.32. The Kier molecular flexibility index (Phi) is 7.03. The summed E-state index contributed by atoms with van der Waals surface area (Å²) in [4.78, 5) is 25.1. The van der Waals surface area contributed by atoms with Crippen molar-refractivity contribution in [3.8, 4) is 11.7 Å². The van der Waals surface area contributed by atoms with Gasteiger partial charge < -0.3 is 20.1 Å². The number of hydrogen-bond acceptors (Lipinski definition) is 7. The van der Waals surface area contributed by atoms with Gasteiger partial charge in [0.25, 0.3) is 5.95 Å². The zero-order valence-electron chi connectivity index (χ0n) is 17.2. The molecule has 32 heavy (non-hydrogen) atoms. The predicted octanol–water partition coefficient (Wildman–Crippen LogP) is 3.66. The third-order valence-electron chi connectivity index (χ3n) is 4.82. The van der Waals surface area contributed by atoms with Crippen LogP contribution in [0.25, 0.3) is 5.95 Å². The van der Waals surface area contributed by atoms with Crippen LogP contribution in [0.15, 0.2) is 36.9 Å². The molecule has 2 atom stereocenters. The van der Waals surface area contributed by atoms with Gasteiger partial charge in [-0.15, -0.1) is 0 Å². The van der Waals surface area contributed by atoms with Gasteiger partial charge in [-0.1, -0.05) is 23.2 Å². The molecule has 0 radical (unpaired) electrons. The number of urea groups is 1. The lowest BCUT2D eigenvalue weighted by Gasteiger charge is -2.17. The number of amides is 2. The summed E-state index contributed by atoms with van der Waals surface area (Å²) >= 11 is 12.5. The number of ether oxygens (including phenoxy) is 2. The molecule has 3 heterocycles. The Bertz CT molecular complexity index is 1070. The fourth-order valence-electron chi connectivity index (χ4n) is 3.18. The zero-order valence-corrected chi connectivity index (χ0v) is 18.7. The van der Waals surface area contributed by atoms with Crippen molar-refractivity contribution in [2.75, 3.05) is 25.1 Å². The van der Waals surface area contributed by atoms with Gasteiger partial charge in [-0.2, -0.15) is 9.78 Å². The van der Waals surface area contributed by atoms with E-state index < -0.39 is 12.1 Å². The fraction of sp³-hybridized carbons (Fsp3) is 0.350. The molecule has 168 valence electrons. The summed E-state index contributed by atoms with van der Waals surface area (Å²) in [7, 11) is 0. The minimum Gasteiger partial charge on any atom is -0.492 e. The van der Waals surface area contributed by atoms with Gasteiger partial charge in [0.2, 0.25) is 0 Å². The summed E-state index contributed by atoms with van der Waals surface area (Å²) in [5.74, 6) is 1.57. The van der Waals surface area contributed by atoms with E-state index in [9.17, 15) is 4.79 Å². The van der Waals surface area contributed by atoms with Gasteiger partial charge >= 0.3 is 6.03 Å². The Hall–Kier alpha value is -2.95. The van der Waals surface area contributed by atoms with Crippen molar-refractivity contribution in [2.24, 2.45) is 5.92 Å². The Labute approximate surface area is 194 Å². The van der Waals surface area contributed by atoms with E-state index >= 15 is 0 Å². The highest BCUT2D eigenvalue weighted by molar-refractivity contribution is 6.37. The number of aromatic nitrogens is 5. The molecule has 0 spiro atoms. The van der Waals surface area contributed by atoms with Gasteiger partial charge in [-0.05, 0) is 25.5 Å². The Balaban J connectivity index is 1.42. The Morgan fingerprint density at radius 1 is 1.28 bits per heavy atom. The molecule has 1 aliphatic rings. The van der Waals surface area contributed by atoms with Crippen LogP contribution in [0.4, 0.5) is 10.5 Å². The summed E-state index contributed by atoms with van der Waals surface area (Å²) in [6.07, 6.45) is 5.51. The lowest BCUT2D eigenvalue weighted by atomic mass is 10.1. The van der Waals surface area contributed by atoms with Crippen molar-refractivity contribution in [2.45, 2.75) is 19.4 Å². The molecule has 2 aromatic heterocycles. The Morgan fingerprint density at radius 2 is 2.09 bits per heavy atom. The minimum absolute atomic E-state index is 0.287. The largest absolute Gasteiger partial charge is 0.492 e. The molecule has 0 aliphatic carbocycles. The first-order valence-electron chi connectivity index (χ1n) is 9.95. The van der Waals surface area contributed by atoms with E-state index in [0.29, 0.717) is 47.4 Å². The first kappa shape index (κ1) is 22.3. The number of nitrogens with zero attached hydrogens (tertiary/aromatic N) is 5. The smallest absolute Gasteiger partial charge is 0.319 e. The summed E-state index contributed by atoms with van der Waals surface area (Å²) in [6, 6.07) is 3.85. The molecule has 1 aromatic carbocycles. The van der Waals surface area contributed by atoms with Gasteiger partial charge in [-0.25, -0.2) is 19.7 Å². The zero-order chi connectivity index (χ0) is 22.5. The highest BCUT2D eigenvalue weighted by atomic mass is 35.5. The summed E-state index contributed by atoms with van der Waals surface area (Å²) in [5, 5.41) is 10.3. The van der Waals surface area contributed by atoms with E-state index in [2.05, 4.69) is 30.7 Å². The average molecular weight is 478 g/mol. The van der Waals surface area contributed by atoms with Gasteiger partial charge in [0.1, 0.15) is 12.1 Å². The SMILES string of the molecule is CC(NC(=O)Nc1cc(OCC2CCOC2)c(Cl)cc1Cl)c1ncnn1-c1ncccn1. The number of benzene rings is 1. The van der Waals surface area contributed by atoms with Crippen LogP contribution in [0.2, 0.25) is 10.0 Å². The third kappa shape index (κ3) is 5.26. The fourth-order valence-corrected chi connectivity index (χ4v) is 3.66. The molecule has 4 rings (SSSR count). The van der Waals surface area contributed by atoms with Crippen molar-refractivity contribution in [1.29, 1.82) is 0 Å². The van der Waals surface area contributed by atoms with E-state index in [1.54, 1.807) is 31.5 Å². The van der Waals surface area contributed by atoms with Crippen LogP contribution < -0.4 is 15.4 Å². The van der Waals surface area contributed by atoms with Crippen LogP contribution >= 0.6 is 23.2 Å². The van der Waals surface area contributed by atoms with E-state index in [1.807, 2.05) is 0 Å². The molecule has 3 aromatic rings. The average Bonchev–Trinajstić information content (AvgIpc) is 3.47. The molecule has 2 N–H and O–H groups in total.